The summed E-state index contributed by atoms with van der Waals surface area (Å²) in [5.41, 5.74) is 4.52. The molecular formula is C21H21N3O2S. The third kappa shape index (κ3) is 4.11. The number of amides is 1. The summed E-state index contributed by atoms with van der Waals surface area (Å²) in [6.45, 7) is 2.02. The molecule has 138 valence electrons. The van der Waals surface area contributed by atoms with Gasteiger partial charge in [0, 0.05) is 28.2 Å². The lowest BCUT2D eigenvalue weighted by Crippen LogP contribution is -2.25. The normalized spacial score (nSPS) is 13.3. The predicted molar refractivity (Wildman–Crippen MR) is 109 cm³/mol. The van der Waals surface area contributed by atoms with Gasteiger partial charge in [-0.3, -0.25) is 4.79 Å². The van der Waals surface area contributed by atoms with Gasteiger partial charge in [0.05, 0.1) is 12.8 Å². The molecular weight excluding hydrogens is 358 g/mol. The number of thiazole rings is 1. The first-order valence-electron chi connectivity index (χ1n) is 8.91. The number of nitrogens with one attached hydrogen (secondary N) is 2. The summed E-state index contributed by atoms with van der Waals surface area (Å²) in [5, 5.41) is 9.17. The maximum atomic E-state index is 12.3. The van der Waals surface area contributed by atoms with Gasteiger partial charge in [-0.25, -0.2) is 4.98 Å². The van der Waals surface area contributed by atoms with Crippen LogP contribution in [-0.4, -0.2) is 24.0 Å². The summed E-state index contributed by atoms with van der Waals surface area (Å²) in [6.07, 6.45) is 2.16. The molecule has 4 rings (SSSR count). The maximum Gasteiger partial charge on any atom is 0.251 e. The molecule has 0 aliphatic heterocycles. The molecule has 1 saturated carbocycles. The number of aryl methyl sites for hydroxylation is 1. The number of rotatable bonds is 6. The van der Waals surface area contributed by atoms with Gasteiger partial charge in [-0.2, -0.15) is 0 Å². The van der Waals surface area contributed by atoms with Gasteiger partial charge in [0.1, 0.15) is 5.75 Å². The van der Waals surface area contributed by atoms with Gasteiger partial charge in [0.25, 0.3) is 5.91 Å². The van der Waals surface area contributed by atoms with E-state index < -0.39 is 0 Å². The highest BCUT2D eigenvalue weighted by Crippen LogP contribution is 2.30. The molecule has 0 radical (unpaired) electrons. The number of ether oxygens (including phenoxy) is 1. The van der Waals surface area contributed by atoms with E-state index in [1.54, 1.807) is 7.11 Å². The van der Waals surface area contributed by atoms with Gasteiger partial charge in [0.2, 0.25) is 0 Å². The summed E-state index contributed by atoms with van der Waals surface area (Å²) < 4.78 is 5.28. The molecule has 3 aromatic rings. The average Bonchev–Trinajstić information content (AvgIpc) is 3.38. The van der Waals surface area contributed by atoms with Crippen LogP contribution in [0.5, 0.6) is 5.75 Å². The number of hydrogen-bond acceptors (Lipinski definition) is 5. The molecule has 1 aromatic heterocycles. The fraction of sp³-hybridized carbons (Fsp3) is 0.238. The molecule has 1 fully saturated rings. The van der Waals surface area contributed by atoms with E-state index in [4.69, 9.17) is 4.74 Å². The lowest BCUT2D eigenvalue weighted by atomic mass is 10.1. The number of nitrogens with zero attached hydrogens (tertiary/aromatic N) is 1. The Hall–Kier alpha value is -2.86. The van der Waals surface area contributed by atoms with Crippen molar-refractivity contribution in [2.45, 2.75) is 25.8 Å². The minimum absolute atomic E-state index is 0.0169. The molecule has 0 spiro atoms. The highest BCUT2D eigenvalue weighted by atomic mass is 32.1. The molecule has 1 aliphatic carbocycles. The predicted octanol–water partition coefficient (Wildman–Crippen LogP) is 4.76. The first-order chi connectivity index (χ1) is 13.1. The van der Waals surface area contributed by atoms with Gasteiger partial charge >= 0.3 is 0 Å². The van der Waals surface area contributed by atoms with Crippen molar-refractivity contribution in [1.29, 1.82) is 0 Å². The van der Waals surface area contributed by atoms with Crippen LogP contribution in [0.4, 0.5) is 10.8 Å². The number of anilines is 2. The summed E-state index contributed by atoms with van der Waals surface area (Å²) in [4.78, 5) is 17.0. The first kappa shape index (κ1) is 17.5. The van der Waals surface area contributed by atoms with Crippen LogP contribution in [0, 0.1) is 6.92 Å². The highest BCUT2D eigenvalue weighted by Gasteiger charge is 2.24. The van der Waals surface area contributed by atoms with E-state index >= 15 is 0 Å². The Bertz CT molecular complexity index is 979. The molecule has 0 saturated heterocycles. The van der Waals surface area contributed by atoms with Gasteiger partial charge in [-0.1, -0.05) is 18.2 Å². The van der Waals surface area contributed by atoms with Crippen molar-refractivity contribution < 1.29 is 9.53 Å². The van der Waals surface area contributed by atoms with Crippen LogP contribution >= 0.6 is 11.3 Å². The molecule has 0 unspecified atom stereocenters. The largest absolute Gasteiger partial charge is 0.497 e. The van der Waals surface area contributed by atoms with E-state index in [9.17, 15) is 4.79 Å². The Morgan fingerprint density at radius 2 is 2.07 bits per heavy atom. The van der Waals surface area contributed by atoms with Crippen LogP contribution in [0.2, 0.25) is 0 Å². The van der Waals surface area contributed by atoms with E-state index in [0.717, 1.165) is 46.2 Å². The van der Waals surface area contributed by atoms with E-state index in [-0.39, 0.29) is 5.91 Å². The Kier molecular flexibility index (Phi) is 4.81. The number of carbonyl (C=O) groups excluding carboxylic acids is 1. The summed E-state index contributed by atoms with van der Waals surface area (Å²) in [7, 11) is 1.66. The van der Waals surface area contributed by atoms with Crippen LogP contribution in [0.25, 0.3) is 11.3 Å². The van der Waals surface area contributed by atoms with Crippen molar-refractivity contribution >= 4 is 28.1 Å². The third-order valence-electron chi connectivity index (χ3n) is 4.52. The second-order valence-corrected chi connectivity index (χ2v) is 7.53. The summed E-state index contributed by atoms with van der Waals surface area (Å²) in [5.74, 6) is 0.789. The van der Waals surface area contributed by atoms with Crippen molar-refractivity contribution in [1.82, 2.24) is 10.3 Å². The van der Waals surface area contributed by atoms with E-state index in [0.29, 0.717) is 11.6 Å². The van der Waals surface area contributed by atoms with Crippen LogP contribution in [0.15, 0.2) is 47.8 Å². The minimum Gasteiger partial charge on any atom is -0.497 e. The zero-order valence-corrected chi connectivity index (χ0v) is 16.1. The van der Waals surface area contributed by atoms with Gasteiger partial charge in [0.15, 0.2) is 5.13 Å². The number of hydrogen-bond donors (Lipinski definition) is 2. The van der Waals surface area contributed by atoms with Crippen LogP contribution in [0.1, 0.15) is 28.8 Å². The molecule has 0 bridgehead atoms. The lowest BCUT2D eigenvalue weighted by Gasteiger charge is -2.10. The third-order valence-corrected chi connectivity index (χ3v) is 5.28. The molecule has 2 N–H and O–H groups in total. The molecule has 5 nitrogen and oxygen atoms in total. The fourth-order valence-electron chi connectivity index (χ4n) is 2.76. The second-order valence-electron chi connectivity index (χ2n) is 6.67. The minimum atomic E-state index is -0.0169. The van der Waals surface area contributed by atoms with E-state index in [1.807, 2.05) is 54.8 Å². The monoisotopic (exact) mass is 379 g/mol. The number of carbonyl (C=O) groups is 1. The smallest absolute Gasteiger partial charge is 0.251 e. The van der Waals surface area contributed by atoms with Crippen molar-refractivity contribution in [2.75, 3.05) is 12.4 Å². The standard InChI is InChI=1S/C21H21N3O2S/c1-13-6-7-15(20(25)22-16-8-9-16)11-18(13)23-21-24-19(12-27-21)14-4-3-5-17(10-14)26-2/h3-7,10-12,16H,8-9H2,1-2H3,(H,22,25)(H,23,24). The van der Waals surface area contributed by atoms with Crippen molar-refractivity contribution in [3.63, 3.8) is 0 Å². The number of methoxy groups -OCH3 is 1. The number of benzene rings is 2. The molecule has 1 heterocycles. The molecule has 1 amide bonds. The SMILES string of the molecule is COc1cccc(-c2csc(Nc3cc(C(=O)NC4CC4)ccc3C)n2)c1. The van der Waals surface area contributed by atoms with Gasteiger partial charge in [-0.05, 0) is 49.6 Å². The van der Waals surface area contributed by atoms with Gasteiger partial charge < -0.3 is 15.4 Å². The summed E-state index contributed by atoms with van der Waals surface area (Å²) in [6, 6.07) is 13.9. The topological polar surface area (TPSA) is 63.2 Å². The average molecular weight is 379 g/mol. The van der Waals surface area contributed by atoms with Crippen LogP contribution < -0.4 is 15.4 Å². The Morgan fingerprint density at radius 3 is 2.85 bits per heavy atom. The zero-order valence-electron chi connectivity index (χ0n) is 15.3. The van der Waals surface area contributed by atoms with Crippen LogP contribution in [0.3, 0.4) is 0 Å². The molecule has 0 atom stereocenters. The van der Waals surface area contributed by atoms with Crippen molar-refractivity contribution in [3.05, 3.63) is 59.0 Å². The lowest BCUT2D eigenvalue weighted by molar-refractivity contribution is 0.0951. The molecule has 27 heavy (non-hydrogen) atoms. The van der Waals surface area contributed by atoms with Crippen molar-refractivity contribution in [2.24, 2.45) is 0 Å². The van der Waals surface area contributed by atoms with E-state index in [2.05, 4.69) is 15.6 Å². The Morgan fingerprint density at radius 1 is 1.22 bits per heavy atom. The summed E-state index contributed by atoms with van der Waals surface area (Å²) >= 11 is 1.53. The molecule has 1 aliphatic rings. The van der Waals surface area contributed by atoms with Crippen molar-refractivity contribution in [3.8, 4) is 17.0 Å². The molecule has 6 heteroatoms. The van der Waals surface area contributed by atoms with E-state index in [1.165, 1.54) is 11.3 Å². The maximum absolute atomic E-state index is 12.3. The highest BCUT2D eigenvalue weighted by molar-refractivity contribution is 7.14. The molecule has 2 aromatic carbocycles. The quantitative estimate of drug-likeness (QED) is 0.648. The Labute approximate surface area is 162 Å². The fourth-order valence-corrected chi connectivity index (χ4v) is 3.49. The zero-order chi connectivity index (χ0) is 18.8. The van der Waals surface area contributed by atoms with Gasteiger partial charge in [-0.15, -0.1) is 11.3 Å². The van der Waals surface area contributed by atoms with Crippen LogP contribution in [-0.2, 0) is 0 Å². The second kappa shape index (κ2) is 7.40. The Balaban J connectivity index is 1.53. The first-order valence-corrected chi connectivity index (χ1v) is 9.79. The number of aromatic nitrogens is 1.